The molecule has 0 bridgehead atoms. The van der Waals surface area contributed by atoms with Crippen molar-refractivity contribution in [1.82, 2.24) is 5.32 Å². The van der Waals surface area contributed by atoms with Gasteiger partial charge in [-0.05, 0) is 24.7 Å². The van der Waals surface area contributed by atoms with Crippen LogP contribution in [-0.2, 0) is 14.3 Å². The molecule has 1 atom stereocenters. The van der Waals surface area contributed by atoms with Crippen molar-refractivity contribution in [1.29, 1.82) is 0 Å². The highest BCUT2D eigenvalue weighted by atomic mass is 16.5. The number of aliphatic carboxylic acids is 1. The van der Waals surface area contributed by atoms with Crippen molar-refractivity contribution in [3.05, 3.63) is 0 Å². The van der Waals surface area contributed by atoms with Gasteiger partial charge in [-0.15, -0.1) is 0 Å². The first kappa shape index (κ1) is 16.9. The Balaban J connectivity index is 4.08. The molecule has 5 heteroatoms. The van der Waals surface area contributed by atoms with Gasteiger partial charge >= 0.3 is 5.97 Å². The first-order chi connectivity index (χ1) is 8.26. The number of methoxy groups -OCH3 is 1. The molecule has 18 heavy (non-hydrogen) atoms. The van der Waals surface area contributed by atoms with Gasteiger partial charge in [0.2, 0.25) is 5.91 Å². The number of amides is 1. The summed E-state index contributed by atoms with van der Waals surface area (Å²) >= 11 is 0. The Labute approximate surface area is 109 Å². The normalized spacial score (nSPS) is 13.1. The van der Waals surface area contributed by atoms with E-state index in [9.17, 15) is 9.59 Å². The van der Waals surface area contributed by atoms with Crippen LogP contribution in [0.15, 0.2) is 0 Å². The number of carboxylic acid groups (broad SMARTS) is 1. The van der Waals surface area contributed by atoms with Crippen LogP contribution in [0.2, 0.25) is 0 Å². The van der Waals surface area contributed by atoms with Crippen LogP contribution in [0.3, 0.4) is 0 Å². The Bertz CT molecular complexity index is 271. The summed E-state index contributed by atoms with van der Waals surface area (Å²) in [5.41, 5.74) is 0.0755. The third-order valence-electron chi connectivity index (χ3n) is 2.58. The highest BCUT2D eigenvalue weighted by molar-refractivity contribution is 5.83. The second-order valence-corrected chi connectivity index (χ2v) is 5.65. The Kier molecular flexibility index (Phi) is 7.59. The van der Waals surface area contributed by atoms with Crippen LogP contribution in [0.4, 0.5) is 0 Å². The van der Waals surface area contributed by atoms with Crippen LogP contribution < -0.4 is 5.32 Å². The predicted octanol–water partition coefficient (Wildman–Crippen LogP) is 1.81. The van der Waals surface area contributed by atoms with E-state index in [0.717, 1.165) is 6.42 Å². The van der Waals surface area contributed by atoms with E-state index in [0.29, 0.717) is 25.9 Å². The van der Waals surface area contributed by atoms with Gasteiger partial charge in [-0.3, -0.25) is 4.79 Å². The average Bonchev–Trinajstić information content (AvgIpc) is 2.24. The molecule has 1 unspecified atom stereocenters. The predicted molar refractivity (Wildman–Crippen MR) is 69.4 cm³/mol. The molecule has 0 aliphatic heterocycles. The molecule has 0 aliphatic rings. The summed E-state index contributed by atoms with van der Waals surface area (Å²) in [4.78, 5) is 22.6. The van der Waals surface area contributed by atoms with Crippen molar-refractivity contribution in [3.63, 3.8) is 0 Å². The lowest BCUT2D eigenvalue weighted by Crippen LogP contribution is -2.41. The van der Waals surface area contributed by atoms with Gasteiger partial charge in [-0.25, -0.2) is 4.79 Å². The molecule has 0 spiro atoms. The number of hydrogen-bond donors (Lipinski definition) is 2. The number of ether oxygens (including phenoxy) is 1. The van der Waals surface area contributed by atoms with Crippen LogP contribution in [0.1, 0.15) is 46.5 Å². The van der Waals surface area contributed by atoms with Gasteiger partial charge in [-0.2, -0.15) is 0 Å². The quantitative estimate of drug-likeness (QED) is 0.652. The fourth-order valence-electron chi connectivity index (χ4n) is 1.44. The van der Waals surface area contributed by atoms with Crippen molar-refractivity contribution < 1.29 is 19.4 Å². The Morgan fingerprint density at radius 1 is 1.33 bits per heavy atom. The maximum Gasteiger partial charge on any atom is 0.326 e. The molecule has 0 aromatic carbocycles. The Morgan fingerprint density at radius 2 is 1.94 bits per heavy atom. The van der Waals surface area contributed by atoms with Crippen LogP contribution in [0, 0.1) is 5.41 Å². The molecule has 0 radical (unpaired) electrons. The third-order valence-corrected chi connectivity index (χ3v) is 2.58. The molecule has 1 amide bonds. The molecule has 0 saturated heterocycles. The zero-order chi connectivity index (χ0) is 14.2. The lowest BCUT2D eigenvalue weighted by Gasteiger charge is -2.19. The van der Waals surface area contributed by atoms with E-state index in [4.69, 9.17) is 9.84 Å². The second-order valence-electron chi connectivity index (χ2n) is 5.65. The van der Waals surface area contributed by atoms with Crippen molar-refractivity contribution in [2.24, 2.45) is 5.41 Å². The van der Waals surface area contributed by atoms with Crippen molar-refractivity contribution in [2.45, 2.75) is 52.5 Å². The first-order valence-corrected chi connectivity index (χ1v) is 6.27. The van der Waals surface area contributed by atoms with Crippen molar-refractivity contribution >= 4 is 11.9 Å². The van der Waals surface area contributed by atoms with Gasteiger partial charge in [0, 0.05) is 20.1 Å². The van der Waals surface area contributed by atoms with Crippen molar-refractivity contribution in [3.8, 4) is 0 Å². The molecule has 0 saturated carbocycles. The largest absolute Gasteiger partial charge is 0.480 e. The van der Waals surface area contributed by atoms with Gasteiger partial charge < -0.3 is 15.2 Å². The Morgan fingerprint density at radius 3 is 2.39 bits per heavy atom. The maximum absolute atomic E-state index is 11.6. The van der Waals surface area contributed by atoms with Crippen LogP contribution >= 0.6 is 0 Å². The average molecular weight is 259 g/mol. The highest BCUT2D eigenvalue weighted by Crippen LogP contribution is 2.20. The van der Waals surface area contributed by atoms with E-state index in [-0.39, 0.29) is 11.3 Å². The maximum atomic E-state index is 11.6. The van der Waals surface area contributed by atoms with Crippen LogP contribution in [0.25, 0.3) is 0 Å². The summed E-state index contributed by atoms with van der Waals surface area (Å²) in [5.74, 6) is -1.19. The highest BCUT2D eigenvalue weighted by Gasteiger charge is 2.20. The number of carboxylic acids is 1. The summed E-state index contributed by atoms with van der Waals surface area (Å²) in [6.07, 6.45) is 2.11. The minimum atomic E-state index is -0.991. The van der Waals surface area contributed by atoms with E-state index in [1.54, 1.807) is 7.11 Å². The molecule has 5 nitrogen and oxygen atoms in total. The van der Waals surface area contributed by atoms with E-state index in [1.165, 1.54) is 0 Å². The Hall–Kier alpha value is -1.10. The first-order valence-electron chi connectivity index (χ1n) is 6.27. The second kappa shape index (κ2) is 8.08. The van der Waals surface area contributed by atoms with Gasteiger partial charge in [0.25, 0.3) is 0 Å². The summed E-state index contributed by atoms with van der Waals surface area (Å²) in [7, 11) is 1.57. The number of hydrogen-bond acceptors (Lipinski definition) is 3. The van der Waals surface area contributed by atoms with E-state index >= 15 is 0 Å². The number of rotatable bonds is 8. The SMILES string of the molecule is COCCCC(NC(=O)CCC(C)(C)C)C(=O)O. The molecular formula is C13H25NO4. The fourth-order valence-corrected chi connectivity index (χ4v) is 1.44. The van der Waals surface area contributed by atoms with Gasteiger partial charge in [0.15, 0.2) is 0 Å². The molecule has 106 valence electrons. The molecule has 0 rings (SSSR count). The van der Waals surface area contributed by atoms with Crippen LogP contribution in [-0.4, -0.2) is 36.7 Å². The van der Waals surface area contributed by atoms with E-state index in [2.05, 4.69) is 5.32 Å². The number of carbonyl (C=O) groups is 2. The van der Waals surface area contributed by atoms with E-state index < -0.39 is 12.0 Å². The van der Waals surface area contributed by atoms with Crippen LogP contribution in [0.5, 0.6) is 0 Å². The smallest absolute Gasteiger partial charge is 0.326 e. The molecule has 0 aromatic heterocycles. The molecule has 2 N–H and O–H groups in total. The number of carbonyl (C=O) groups excluding carboxylic acids is 1. The standard InChI is InChI=1S/C13H25NO4/c1-13(2,3)8-7-11(15)14-10(12(16)17)6-5-9-18-4/h10H,5-9H2,1-4H3,(H,14,15)(H,16,17). The lowest BCUT2D eigenvalue weighted by molar-refractivity contribution is -0.142. The fraction of sp³-hybridized carbons (Fsp3) is 0.846. The molecule has 0 aromatic rings. The zero-order valence-corrected chi connectivity index (χ0v) is 11.8. The van der Waals surface area contributed by atoms with E-state index in [1.807, 2.05) is 20.8 Å². The topological polar surface area (TPSA) is 75.6 Å². The summed E-state index contributed by atoms with van der Waals surface area (Å²) < 4.78 is 4.86. The molecule has 0 fully saturated rings. The van der Waals surface area contributed by atoms with Gasteiger partial charge in [0.05, 0.1) is 0 Å². The number of nitrogens with one attached hydrogen (secondary N) is 1. The zero-order valence-electron chi connectivity index (χ0n) is 11.8. The third kappa shape index (κ3) is 8.98. The monoisotopic (exact) mass is 259 g/mol. The van der Waals surface area contributed by atoms with Gasteiger partial charge in [0.1, 0.15) is 6.04 Å². The van der Waals surface area contributed by atoms with Crippen molar-refractivity contribution in [2.75, 3.05) is 13.7 Å². The minimum absolute atomic E-state index is 0.0755. The molecule has 0 heterocycles. The molecule has 0 aliphatic carbocycles. The minimum Gasteiger partial charge on any atom is -0.480 e. The molecular weight excluding hydrogens is 234 g/mol. The summed E-state index contributed by atoms with van der Waals surface area (Å²) in [5, 5.41) is 11.5. The summed E-state index contributed by atoms with van der Waals surface area (Å²) in [6.45, 7) is 6.65. The van der Waals surface area contributed by atoms with Gasteiger partial charge in [-0.1, -0.05) is 20.8 Å². The lowest BCUT2D eigenvalue weighted by atomic mass is 9.90. The summed E-state index contributed by atoms with van der Waals surface area (Å²) in [6, 6.07) is -0.812.